The molecular weight excluding hydrogens is 216 g/mol. The van der Waals surface area contributed by atoms with Crippen molar-refractivity contribution in [3.63, 3.8) is 0 Å². The molecule has 1 aliphatic heterocycles. The smallest absolute Gasteiger partial charge is 0.352 e. The van der Waals surface area contributed by atoms with Crippen LogP contribution < -0.4 is 0 Å². The van der Waals surface area contributed by atoms with Gasteiger partial charge in [-0.25, -0.2) is 9.80 Å². The van der Waals surface area contributed by atoms with E-state index < -0.39 is 5.97 Å². The first kappa shape index (κ1) is 12.0. The Morgan fingerprint density at radius 3 is 2.93 bits per heavy atom. The second-order valence-corrected chi connectivity index (χ2v) is 4.46. The van der Waals surface area contributed by atoms with Gasteiger partial charge >= 0.3 is 5.97 Å². The first-order chi connectivity index (χ1) is 7.15. The van der Waals surface area contributed by atoms with Gasteiger partial charge in [0, 0.05) is 18.6 Å². The number of carboxylic acid groups (broad SMARTS) is 1. The third-order valence-corrected chi connectivity index (χ3v) is 2.88. The summed E-state index contributed by atoms with van der Waals surface area (Å²) in [4.78, 5) is 22.0. The highest BCUT2D eigenvalue weighted by molar-refractivity contribution is 7.99. The molecule has 5 nitrogen and oxygen atoms in total. The molecular formula is C9H14N2O3S. The van der Waals surface area contributed by atoms with Gasteiger partial charge in [0.25, 0.3) is 0 Å². The van der Waals surface area contributed by atoms with E-state index in [9.17, 15) is 9.59 Å². The van der Waals surface area contributed by atoms with Crippen LogP contribution in [0, 0.1) is 0 Å². The maximum absolute atomic E-state index is 11.4. The summed E-state index contributed by atoms with van der Waals surface area (Å²) in [5, 5.41) is 13.8. The minimum absolute atomic E-state index is 0.0797. The van der Waals surface area contributed by atoms with Crippen LogP contribution in [0.4, 0.5) is 0 Å². The number of hydrogen-bond acceptors (Lipinski definition) is 4. The molecule has 1 heterocycles. The van der Waals surface area contributed by atoms with Crippen LogP contribution >= 0.6 is 11.8 Å². The molecule has 0 saturated heterocycles. The van der Waals surface area contributed by atoms with Crippen LogP contribution in [0.5, 0.6) is 0 Å². The maximum Gasteiger partial charge on any atom is 0.352 e. The molecule has 1 N–H and O–H groups in total. The zero-order chi connectivity index (χ0) is 11.3. The summed E-state index contributed by atoms with van der Waals surface area (Å²) < 4.78 is 0. The van der Waals surface area contributed by atoms with Crippen molar-refractivity contribution in [2.45, 2.75) is 19.8 Å². The molecule has 0 aromatic rings. The van der Waals surface area contributed by atoms with Gasteiger partial charge < -0.3 is 5.11 Å². The minimum Gasteiger partial charge on any atom is -0.477 e. The van der Waals surface area contributed by atoms with E-state index in [2.05, 4.69) is 5.10 Å². The van der Waals surface area contributed by atoms with Gasteiger partial charge in [0.2, 0.25) is 5.91 Å². The van der Waals surface area contributed by atoms with E-state index in [0.717, 1.165) is 11.5 Å². The Kier molecular flexibility index (Phi) is 4.61. The first-order valence-electron chi connectivity index (χ1n) is 4.84. The Morgan fingerprint density at radius 2 is 2.33 bits per heavy atom. The second-order valence-electron chi connectivity index (χ2n) is 3.07. The molecule has 15 heavy (non-hydrogen) atoms. The van der Waals surface area contributed by atoms with Crippen molar-refractivity contribution >= 4 is 29.4 Å². The van der Waals surface area contributed by atoms with Crippen LogP contribution in [0.1, 0.15) is 19.8 Å². The quantitative estimate of drug-likeness (QED) is 0.709. The molecule has 0 radical (unpaired) electrons. The number of carboxylic acids is 1. The molecule has 1 rings (SSSR count). The summed E-state index contributed by atoms with van der Waals surface area (Å²) in [6.45, 7) is 2.53. The number of aliphatic carboxylic acids is 1. The highest BCUT2D eigenvalue weighted by Crippen LogP contribution is 2.10. The predicted molar refractivity (Wildman–Crippen MR) is 59.0 cm³/mol. The normalized spacial score (nSPS) is 16.5. The largest absolute Gasteiger partial charge is 0.477 e. The van der Waals surface area contributed by atoms with E-state index >= 15 is 0 Å². The lowest BCUT2D eigenvalue weighted by molar-refractivity contribution is -0.132. The lowest BCUT2D eigenvalue weighted by Gasteiger charge is -2.21. The van der Waals surface area contributed by atoms with Crippen molar-refractivity contribution in [3.8, 4) is 0 Å². The van der Waals surface area contributed by atoms with Crippen molar-refractivity contribution in [2.75, 3.05) is 18.1 Å². The van der Waals surface area contributed by atoms with Crippen LogP contribution in [-0.4, -0.2) is 45.8 Å². The molecule has 0 aromatic heterocycles. The van der Waals surface area contributed by atoms with E-state index in [4.69, 9.17) is 5.11 Å². The molecule has 0 unspecified atom stereocenters. The number of carbonyl (C=O) groups is 2. The predicted octanol–water partition coefficient (Wildman–Crippen LogP) is 0.802. The summed E-state index contributed by atoms with van der Waals surface area (Å²) >= 11 is 1.70. The van der Waals surface area contributed by atoms with Crippen LogP contribution in [0.15, 0.2) is 5.10 Å². The average Bonchev–Trinajstić information content (AvgIpc) is 2.20. The molecule has 0 saturated carbocycles. The second kappa shape index (κ2) is 5.75. The minimum atomic E-state index is -1.03. The lowest BCUT2D eigenvalue weighted by Crippen LogP contribution is -2.35. The zero-order valence-electron chi connectivity index (χ0n) is 8.60. The van der Waals surface area contributed by atoms with Gasteiger partial charge in [0.1, 0.15) is 5.71 Å². The standard InChI is InChI=1S/C9H14N2O3S/c1-2-15-6-5-11-8(12)4-3-7(10-11)9(13)14/h2-6H2,1H3,(H,13,14). The number of hydrazone groups is 1. The topological polar surface area (TPSA) is 70.0 Å². The van der Waals surface area contributed by atoms with Crippen LogP contribution in [0.25, 0.3) is 0 Å². The first-order valence-corrected chi connectivity index (χ1v) is 5.99. The van der Waals surface area contributed by atoms with Gasteiger partial charge in [-0.3, -0.25) is 4.79 Å². The molecule has 0 aliphatic carbocycles. The molecule has 0 aromatic carbocycles. The van der Waals surface area contributed by atoms with Crippen LogP contribution in [0.3, 0.4) is 0 Å². The zero-order valence-corrected chi connectivity index (χ0v) is 9.42. The monoisotopic (exact) mass is 230 g/mol. The van der Waals surface area contributed by atoms with Crippen LogP contribution in [0.2, 0.25) is 0 Å². The fourth-order valence-corrected chi connectivity index (χ4v) is 1.82. The summed E-state index contributed by atoms with van der Waals surface area (Å²) in [5.41, 5.74) is 0.0797. The van der Waals surface area contributed by atoms with E-state index in [1.807, 2.05) is 6.92 Å². The fraction of sp³-hybridized carbons (Fsp3) is 0.667. The van der Waals surface area contributed by atoms with Gasteiger partial charge in [0.05, 0.1) is 6.54 Å². The third kappa shape index (κ3) is 3.54. The number of rotatable bonds is 5. The highest BCUT2D eigenvalue weighted by atomic mass is 32.2. The molecule has 84 valence electrons. The Bertz CT molecular complexity index is 291. The van der Waals surface area contributed by atoms with Crippen molar-refractivity contribution in [1.29, 1.82) is 0 Å². The van der Waals surface area contributed by atoms with Crippen LogP contribution in [-0.2, 0) is 9.59 Å². The molecule has 0 spiro atoms. The Labute approximate surface area is 92.5 Å². The third-order valence-electron chi connectivity index (χ3n) is 2.00. The molecule has 6 heteroatoms. The summed E-state index contributed by atoms with van der Waals surface area (Å²) in [7, 11) is 0. The molecule has 1 amide bonds. The summed E-state index contributed by atoms with van der Waals surface area (Å²) in [6.07, 6.45) is 0.494. The van der Waals surface area contributed by atoms with Gasteiger partial charge in [0.15, 0.2) is 0 Å². The van der Waals surface area contributed by atoms with E-state index in [0.29, 0.717) is 6.54 Å². The molecule has 1 aliphatic rings. The Hall–Kier alpha value is -1.04. The maximum atomic E-state index is 11.4. The number of carbonyl (C=O) groups excluding carboxylic acids is 1. The van der Waals surface area contributed by atoms with Crippen molar-refractivity contribution < 1.29 is 14.7 Å². The average molecular weight is 230 g/mol. The van der Waals surface area contributed by atoms with Crippen molar-refractivity contribution in [3.05, 3.63) is 0 Å². The van der Waals surface area contributed by atoms with E-state index in [-0.39, 0.29) is 24.5 Å². The molecule has 0 fully saturated rings. The molecule has 0 atom stereocenters. The van der Waals surface area contributed by atoms with Gasteiger partial charge in [-0.15, -0.1) is 0 Å². The van der Waals surface area contributed by atoms with E-state index in [1.165, 1.54) is 5.01 Å². The van der Waals surface area contributed by atoms with Gasteiger partial charge in [-0.05, 0) is 5.75 Å². The van der Waals surface area contributed by atoms with Gasteiger partial charge in [-0.1, -0.05) is 6.92 Å². The number of hydrogen-bond donors (Lipinski definition) is 1. The number of amides is 1. The van der Waals surface area contributed by atoms with E-state index in [1.54, 1.807) is 11.8 Å². The van der Waals surface area contributed by atoms with Gasteiger partial charge in [-0.2, -0.15) is 16.9 Å². The molecule has 0 bridgehead atoms. The van der Waals surface area contributed by atoms with Crippen molar-refractivity contribution in [1.82, 2.24) is 5.01 Å². The van der Waals surface area contributed by atoms with Crippen molar-refractivity contribution in [2.24, 2.45) is 5.10 Å². The Morgan fingerprint density at radius 1 is 1.60 bits per heavy atom. The number of nitrogens with zero attached hydrogens (tertiary/aromatic N) is 2. The Balaban J connectivity index is 2.55. The fourth-order valence-electron chi connectivity index (χ4n) is 1.23. The summed E-state index contributed by atoms with van der Waals surface area (Å²) in [6, 6.07) is 0. The summed E-state index contributed by atoms with van der Waals surface area (Å²) in [5.74, 6) is 0.656. The SMILES string of the molecule is CCSCCN1N=C(C(=O)O)CCC1=O. The lowest BCUT2D eigenvalue weighted by atomic mass is 10.2. The highest BCUT2D eigenvalue weighted by Gasteiger charge is 2.23. The number of thioether (sulfide) groups is 1.